The first-order valence-electron chi connectivity index (χ1n) is 12.5. The van der Waals surface area contributed by atoms with Gasteiger partial charge in [0.25, 0.3) is 0 Å². The highest BCUT2D eigenvalue weighted by Crippen LogP contribution is 2.52. The van der Waals surface area contributed by atoms with E-state index in [1.807, 2.05) is 24.0 Å². The summed E-state index contributed by atoms with van der Waals surface area (Å²) in [6.45, 7) is 5.61. The molecule has 3 aliphatic rings. The van der Waals surface area contributed by atoms with Gasteiger partial charge in [0.1, 0.15) is 11.9 Å². The number of aryl methyl sites for hydroxylation is 1. The third kappa shape index (κ3) is 5.28. The van der Waals surface area contributed by atoms with Gasteiger partial charge in [0.05, 0.1) is 12.2 Å². The average molecular weight is 452 g/mol. The molecule has 2 aliphatic heterocycles. The molecule has 4 rings (SSSR count). The summed E-state index contributed by atoms with van der Waals surface area (Å²) in [5, 5.41) is 21.2. The van der Waals surface area contributed by atoms with Crippen molar-refractivity contribution in [2.75, 3.05) is 13.1 Å². The average Bonchev–Trinajstić information content (AvgIpc) is 3.52. The van der Waals surface area contributed by atoms with E-state index in [0.717, 1.165) is 55.6 Å². The van der Waals surface area contributed by atoms with Crippen molar-refractivity contribution in [1.29, 1.82) is 0 Å². The van der Waals surface area contributed by atoms with Gasteiger partial charge in [-0.05, 0) is 44.1 Å². The highest BCUT2D eigenvalue weighted by Gasteiger charge is 2.48. The van der Waals surface area contributed by atoms with Gasteiger partial charge in [-0.2, -0.15) is 0 Å². The van der Waals surface area contributed by atoms with Crippen LogP contribution in [0.5, 0.6) is 5.75 Å². The van der Waals surface area contributed by atoms with Crippen LogP contribution in [0.4, 0.5) is 0 Å². The summed E-state index contributed by atoms with van der Waals surface area (Å²) >= 11 is 0. The molecule has 0 bridgehead atoms. The number of rotatable bonds is 8. The molecule has 5 heteroatoms. The van der Waals surface area contributed by atoms with Crippen LogP contribution in [-0.4, -0.2) is 52.4 Å². The van der Waals surface area contributed by atoms with Crippen LogP contribution in [0.25, 0.3) is 0 Å². The molecular formula is C28H37NO4. The molecule has 2 N–H and O–H groups in total. The molecule has 2 heterocycles. The molecule has 0 spiro atoms. The van der Waals surface area contributed by atoms with Crippen LogP contribution < -0.4 is 4.74 Å². The number of hydrogen-bond acceptors (Lipinski definition) is 4. The Morgan fingerprint density at radius 3 is 2.88 bits per heavy atom. The molecule has 0 aromatic heterocycles. The lowest BCUT2D eigenvalue weighted by Crippen LogP contribution is -2.27. The second-order valence-corrected chi connectivity index (χ2v) is 9.82. The van der Waals surface area contributed by atoms with E-state index in [9.17, 15) is 15.0 Å². The topological polar surface area (TPSA) is 70.0 Å². The number of benzene rings is 1. The first-order chi connectivity index (χ1) is 16.0. The maximum Gasteiger partial charge on any atom is 0.222 e. The van der Waals surface area contributed by atoms with E-state index >= 15 is 0 Å². The number of fused-ring (bicyclic) bond motifs is 3. The maximum atomic E-state index is 12.4. The number of carbonyl (C=O) groups excluding carboxylic acids is 1. The summed E-state index contributed by atoms with van der Waals surface area (Å²) in [7, 11) is 0. The quantitative estimate of drug-likeness (QED) is 0.466. The van der Waals surface area contributed by atoms with Crippen molar-refractivity contribution in [3.63, 3.8) is 0 Å². The minimum Gasteiger partial charge on any atom is -0.489 e. The number of carbonyl (C=O) groups is 1. The first kappa shape index (κ1) is 23.9. The molecule has 1 saturated heterocycles. The van der Waals surface area contributed by atoms with Crippen molar-refractivity contribution >= 4 is 5.91 Å². The fourth-order valence-electron chi connectivity index (χ4n) is 5.54. The fourth-order valence-corrected chi connectivity index (χ4v) is 5.54. The van der Waals surface area contributed by atoms with Crippen molar-refractivity contribution in [2.24, 2.45) is 11.8 Å². The number of likely N-dealkylation sites (tertiary alicyclic amines) is 1. The van der Waals surface area contributed by atoms with Gasteiger partial charge >= 0.3 is 0 Å². The Morgan fingerprint density at radius 1 is 1.33 bits per heavy atom. The Balaban J connectivity index is 1.41. The van der Waals surface area contributed by atoms with Gasteiger partial charge in [0.15, 0.2) is 0 Å². The van der Waals surface area contributed by atoms with E-state index in [0.29, 0.717) is 19.3 Å². The van der Waals surface area contributed by atoms with Crippen molar-refractivity contribution in [2.45, 2.75) is 83.0 Å². The molecule has 1 aliphatic carbocycles. The highest BCUT2D eigenvalue weighted by molar-refractivity contribution is 5.76. The smallest absolute Gasteiger partial charge is 0.222 e. The molecule has 6 atom stereocenters. The number of aliphatic hydroxyl groups is 2. The van der Waals surface area contributed by atoms with Gasteiger partial charge in [0, 0.05) is 49.8 Å². The largest absolute Gasteiger partial charge is 0.489 e. The summed E-state index contributed by atoms with van der Waals surface area (Å²) in [4.78, 5) is 14.4. The van der Waals surface area contributed by atoms with Gasteiger partial charge in [-0.25, -0.2) is 0 Å². The number of aliphatic hydroxyl groups excluding tert-OH is 2. The molecule has 1 aromatic carbocycles. The Morgan fingerprint density at radius 2 is 2.12 bits per heavy atom. The van der Waals surface area contributed by atoms with Crippen molar-refractivity contribution in [3.05, 3.63) is 41.5 Å². The molecule has 5 nitrogen and oxygen atoms in total. The van der Waals surface area contributed by atoms with Crippen LogP contribution in [0.3, 0.4) is 0 Å². The van der Waals surface area contributed by atoms with Crippen molar-refractivity contribution < 1.29 is 19.7 Å². The zero-order chi connectivity index (χ0) is 23.4. The lowest BCUT2D eigenvalue weighted by molar-refractivity contribution is -0.130. The first-order valence-corrected chi connectivity index (χ1v) is 12.5. The van der Waals surface area contributed by atoms with E-state index < -0.39 is 12.2 Å². The van der Waals surface area contributed by atoms with Gasteiger partial charge in [0.2, 0.25) is 5.91 Å². The van der Waals surface area contributed by atoms with Crippen LogP contribution >= 0.6 is 0 Å². The van der Waals surface area contributed by atoms with Gasteiger partial charge in [-0.1, -0.05) is 37.3 Å². The normalized spacial score (nSPS) is 27.6. The van der Waals surface area contributed by atoms with Gasteiger partial charge in [-0.3, -0.25) is 4.79 Å². The number of ether oxygens (including phenoxy) is 1. The molecular weight excluding hydrogens is 414 g/mol. The standard InChI is InChI=1S/C28H37NO4/c1-3-4-9-19(2)23(30)15-14-21-24(31)18-25-27(21)22-12-7-10-20(28(22)33-25)11-8-13-26(32)29-16-5-6-17-29/h7,10,12,14-15,19,21,23-25,27,30-31H,5-6,8-9,11,13,16-18H2,1-2H3/b15-14+/t19-,21-,23-,24+,25-,27-/m0/s1. The summed E-state index contributed by atoms with van der Waals surface area (Å²) in [5.74, 6) is 7.17. The third-order valence-electron chi connectivity index (χ3n) is 7.50. The zero-order valence-electron chi connectivity index (χ0n) is 19.9. The summed E-state index contributed by atoms with van der Waals surface area (Å²) in [5.41, 5.74) is 2.30. The number of amides is 1. The van der Waals surface area contributed by atoms with Gasteiger partial charge < -0.3 is 19.8 Å². The molecule has 1 aromatic rings. The van der Waals surface area contributed by atoms with Crippen LogP contribution in [0.1, 0.15) is 69.4 Å². The SMILES string of the molecule is CC#CC[C@H](C)[C@@H](O)/C=C/[C@@H]1[C@H]2c3cccc(CCCC(=O)N4CCCC4)c3O[C@H]2C[C@H]1O. The minimum atomic E-state index is -0.585. The van der Waals surface area contributed by atoms with Crippen LogP contribution in [-0.2, 0) is 11.2 Å². The second-order valence-electron chi connectivity index (χ2n) is 9.82. The predicted molar refractivity (Wildman–Crippen MR) is 129 cm³/mol. The van der Waals surface area contributed by atoms with E-state index in [2.05, 4.69) is 30.0 Å². The monoisotopic (exact) mass is 451 g/mol. The van der Waals surface area contributed by atoms with Crippen LogP contribution in [0.2, 0.25) is 0 Å². The zero-order valence-corrected chi connectivity index (χ0v) is 19.9. The molecule has 0 unspecified atom stereocenters. The van der Waals surface area contributed by atoms with E-state index in [1.165, 1.54) is 0 Å². The number of para-hydroxylation sites is 1. The molecule has 2 fully saturated rings. The lowest BCUT2D eigenvalue weighted by atomic mass is 9.86. The summed E-state index contributed by atoms with van der Waals surface area (Å²) < 4.78 is 6.36. The van der Waals surface area contributed by atoms with E-state index in [-0.39, 0.29) is 29.8 Å². The predicted octanol–water partition coefficient (Wildman–Crippen LogP) is 3.82. The molecule has 0 radical (unpaired) electrons. The Kier molecular flexibility index (Phi) is 7.78. The Labute approximate surface area is 197 Å². The minimum absolute atomic E-state index is 0.0439. The maximum absolute atomic E-state index is 12.4. The summed E-state index contributed by atoms with van der Waals surface area (Å²) in [6, 6.07) is 6.27. The Hall–Kier alpha value is -2.29. The number of hydrogen-bond donors (Lipinski definition) is 2. The van der Waals surface area contributed by atoms with Crippen LogP contribution in [0, 0.1) is 23.7 Å². The second kappa shape index (κ2) is 10.8. The molecule has 1 amide bonds. The molecule has 33 heavy (non-hydrogen) atoms. The van der Waals surface area contributed by atoms with Crippen molar-refractivity contribution in [3.8, 4) is 17.6 Å². The molecule has 1 saturated carbocycles. The highest BCUT2D eigenvalue weighted by atomic mass is 16.5. The third-order valence-corrected chi connectivity index (χ3v) is 7.50. The van der Waals surface area contributed by atoms with E-state index in [1.54, 1.807) is 6.92 Å². The van der Waals surface area contributed by atoms with Crippen LogP contribution in [0.15, 0.2) is 30.4 Å². The van der Waals surface area contributed by atoms with E-state index in [4.69, 9.17) is 4.74 Å². The summed E-state index contributed by atoms with van der Waals surface area (Å²) in [6.07, 6.45) is 8.41. The number of nitrogens with zero attached hydrogens (tertiary/aromatic N) is 1. The fraction of sp³-hybridized carbons (Fsp3) is 0.607. The Bertz CT molecular complexity index is 924. The van der Waals surface area contributed by atoms with Gasteiger partial charge in [-0.15, -0.1) is 11.8 Å². The molecule has 178 valence electrons. The lowest BCUT2D eigenvalue weighted by Gasteiger charge is -2.19. The van der Waals surface area contributed by atoms with Crippen molar-refractivity contribution in [1.82, 2.24) is 4.90 Å².